The van der Waals surface area contributed by atoms with E-state index in [4.69, 9.17) is 37.9 Å². The predicted molar refractivity (Wildman–Crippen MR) is 113 cm³/mol. The van der Waals surface area contributed by atoms with Crippen molar-refractivity contribution in [3.05, 3.63) is 64.1 Å². The summed E-state index contributed by atoms with van der Waals surface area (Å²) < 4.78 is 10.9. The van der Waals surface area contributed by atoms with Crippen molar-refractivity contribution in [2.75, 3.05) is 18.5 Å². The third-order valence-electron chi connectivity index (χ3n) is 3.99. The largest absolute Gasteiger partial charge is 0.483 e. The molecule has 152 valence electrons. The molecule has 0 unspecified atom stereocenters. The smallest absolute Gasteiger partial charge is 0.335 e. The number of ether oxygens (including phenoxy) is 2. The van der Waals surface area contributed by atoms with Crippen molar-refractivity contribution in [1.82, 2.24) is 0 Å². The lowest BCUT2D eigenvalue weighted by molar-refractivity contribution is -0.118. The van der Waals surface area contributed by atoms with Gasteiger partial charge in [0.1, 0.15) is 17.6 Å². The molecule has 0 atom stereocenters. The standard InChI is InChI=1S/C21H14Cl2N2O5/c22-14-8-12-7-13(21(27)28)9-18(20(12)15(23)10-14)30-11-19(26)25-16-3-1-2-4-17(16)29-6-5-24/h1-4,7-10H,6,11H2,(H,25,26)(H,27,28). The van der Waals surface area contributed by atoms with Crippen LogP contribution in [0.2, 0.25) is 10.0 Å². The lowest BCUT2D eigenvalue weighted by Gasteiger charge is -2.14. The highest BCUT2D eigenvalue weighted by molar-refractivity contribution is 6.39. The summed E-state index contributed by atoms with van der Waals surface area (Å²) in [4.78, 5) is 23.8. The Bertz CT molecular complexity index is 1170. The average molecular weight is 445 g/mol. The lowest BCUT2D eigenvalue weighted by Crippen LogP contribution is -2.21. The summed E-state index contributed by atoms with van der Waals surface area (Å²) >= 11 is 12.3. The van der Waals surface area contributed by atoms with Crippen LogP contribution in [0.15, 0.2) is 48.5 Å². The molecule has 3 rings (SSSR count). The molecule has 3 aromatic rings. The number of fused-ring (bicyclic) bond motifs is 1. The van der Waals surface area contributed by atoms with Crippen LogP contribution in [0.1, 0.15) is 10.4 Å². The van der Waals surface area contributed by atoms with Crippen molar-refractivity contribution < 1.29 is 24.2 Å². The number of benzene rings is 3. The number of anilines is 1. The van der Waals surface area contributed by atoms with Gasteiger partial charge < -0.3 is 19.9 Å². The van der Waals surface area contributed by atoms with Crippen LogP contribution in [0.25, 0.3) is 10.8 Å². The summed E-state index contributed by atoms with van der Waals surface area (Å²) in [5.74, 6) is -1.20. The number of aromatic carboxylic acids is 1. The van der Waals surface area contributed by atoms with Gasteiger partial charge in [0, 0.05) is 10.4 Å². The molecule has 1 amide bonds. The van der Waals surface area contributed by atoms with Crippen LogP contribution < -0.4 is 14.8 Å². The summed E-state index contributed by atoms with van der Waals surface area (Å²) in [6.07, 6.45) is 0. The van der Waals surface area contributed by atoms with E-state index in [-0.39, 0.29) is 22.9 Å². The second-order valence-electron chi connectivity index (χ2n) is 6.05. The predicted octanol–water partition coefficient (Wildman–Crippen LogP) is 4.76. The topological polar surface area (TPSA) is 109 Å². The van der Waals surface area contributed by atoms with E-state index in [1.54, 1.807) is 30.3 Å². The Morgan fingerprint density at radius 1 is 1.07 bits per heavy atom. The Hall–Kier alpha value is -3.47. The van der Waals surface area contributed by atoms with Gasteiger partial charge in [-0.3, -0.25) is 4.79 Å². The second-order valence-corrected chi connectivity index (χ2v) is 6.89. The maximum atomic E-state index is 12.4. The molecule has 0 saturated carbocycles. The fourth-order valence-electron chi connectivity index (χ4n) is 2.76. The molecule has 0 aliphatic heterocycles. The third-order valence-corrected chi connectivity index (χ3v) is 4.50. The minimum atomic E-state index is -1.16. The number of nitriles is 1. The van der Waals surface area contributed by atoms with E-state index in [1.165, 1.54) is 18.2 Å². The average Bonchev–Trinajstić information content (AvgIpc) is 2.70. The molecule has 9 heteroatoms. The molecule has 0 bridgehead atoms. The first-order valence-corrected chi connectivity index (χ1v) is 9.32. The van der Waals surface area contributed by atoms with Crippen molar-refractivity contribution in [2.45, 2.75) is 0 Å². The Morgan fingerprint density at radius 3 is 2.57 bits per heavy atom. The molecular formula is C21H14Cl2N2O5. The van der Waals surface area contributed by atoms with Crippen LogP contribution in [0.4, 0.5) is 5.69 Å². The number of nitrogens with zero attached hydrogens (tertiary/aromatic N) is 1. The third kappa shape index (κ3) is 4.92. The minimum absolute atomic E-state index is 0.0357. The van der Waals surface area contributed by atoms with E-state index in [1.807, 2.05) is 6.07 Å². The number of halogens is 2. The Balaban J connectivity index is 1.83. The molecule has 0 radical (unpaired) electrons. The van der Waals surface area contributed by atoms with Crippen LogP contribution in [0, 0.1) is 11.3 Å². The van der Waals surface area contributed by atoms with E-state index in [0.717, 1.165) is 0 Å². The normalized spacial score (nSPS) is 10.3. The molecule has 3 aromatic carbocycles. The second kappa shape index (κ2) is 9.35. The number of rotatable bonds is 7. The molecule has 0 saturated heterocycles. The number of carboxylic acids is 1. The Kier molecular flexibility index (Phi) is 6.62. The Morgan fingerprint density at radius 2 is 1.83 bits per heavy atom. The molecule has 0 spiro atoms. The molecule has 0 aromatic heterocycles. The fourth-order valence-corrected chi connectivity index (χ4v) is 3.36. The summed E-state index contributed by atoms with van der Waals surface area (Å²) in [7, 11) is 0. The molecule has 0 aliphatic rings. The van der Waals surface area contributed by atoms with Gasteiger partial charge in [-0.25, -0.2) is 4.79 Å². The maximum absolute atomic E-state index is 12.4. The summed E-state index contributed by atoms with van der Waals surface area (Å²) in [6, 6.07) is 14.3. The number of para-hydroxylation sites is 2. The van der Waals surface area contributed by atoms with Crippen molar-refractivity contribution in [2.24, 2.45) is 0 Å². The van der Waals surface area contributed by atoms with Crippen molar-refractivity contribution in [3.8, 4) is 17.6 Å². The van der Waals surface area contributed by atoms with Gasteiger partial charge in [0.25, 0.3) is 5.91 Å². The number of hydrogen-bond donors (Lipinski definition) is 2. The number of carbonyl (C=O) groups excluding carboxylic acids is 1. The van der Waals surface area contributed by atoms with Gasteiger partial charge in [0.15, 0.2) is 13.2 Å². The highest BCUT2D eigenvalue weighted by Gasteiger charge is 2.15. The zero-order valence-corrected chi connectivity index (χ0v) is 16.8. The number of carboxylic acid groups (broad SMARTS) is 1. The zero-order chi connectivity index (χ0) is 21.7. The van der Waals surface area contributed by atoms with Gasteiger partial charge in [0.05, 0.1) is 16.3 Å². The highest BCUT2D eigenvalue weighted by atomic mass is 35.5. The number of hydrogen-bond acceptors (Lipinski definition) is 5. The molecular weight excluding hydrogens is 431 g/mol. The lowest BCUT2D eigenvalue weighted by atomic mass is 10.1. The van der Waals surface area contributed by atoms with Crippen LogP contribution in [0.5, 0.6) is 11.5 Å². The van der Waals surface area contributed by atoms with Crippen molar-refractivity contribution in [3.63, 3.8) is 0 Å². The van der Waals surface area contributed by atoms with Gasteiger partial charge in [-0.15, -0.1) is 0 Å². The zero-order valence-electron chi connectivity index (χ0n) is 15.3. The quantitative estimate of drug-likeness (QED) is 0.543. The van der Waals surface area contributed by atoms with E-state index < -0.39 is 18.5 Å². The van der Waals surface area contributed by atoms with Crippen LogP contribution >= 0.6 is 23.2 Å². The van der Waals surface area contributed by atoms with E-state index in [2.05, 4.69) is 5.32 Å². The Labute approximate surface area is 181 Å². The van der Waals surface area contributed by atoms with E-state index in [9.17, 15) is 14.7 Å². The number of carbonyl (C=O) groups is 2. The monoisotopic (exact) mass is 444 g/mol. The maximum Gasteiger partial charge on any atom is 0.335 e. The molecule has 0 fully saturated rings. The molecule has 0 heterocycles. The molecule has 2 N–H and O–H groups in total. The molecule has 0 aliphatic carbocycles. The van der Waals surface area contributed by atoms with Gasteiger partial charge in [0.2, 0.25) is 0 Å². The summed E-state index contributed by atoms with van der Waals surface area (Å²) in [5.41, 5.74) is 0.335. The highest BCUT2D eigenvalue weighted by Crippen LogP contribution is 2.36. The van der Waals surface area contributed by atoms with Crippen LogP contribution in [-0.4, -0.2) is 30.2 Å². The van der Waals surface area contributed by atoms with Gasteiger partial charge in [-0.05, 0) is 41.8 Å². The summed E-state index contributed by atoms with van der Waals surface area (Å²) in [5, 5.41) is 22.1. The minimum Gasteiger partial charge on any atom is -0.483 e. The molecule has 7 nitrogen and oxygen atoms in total. The number of amides is 1. The van der Waals surface area contributed by atoms with Gasteiger partial charge in [-0.1, -0.05) is 35.3 Å². The van der Waals surface area contributed by atoms with Crippen LogP contribution in [-0.2, 0) is 4.79 Å². The van der Waals surface area contributed by atoms with Crippen LogP contribution in [0.3, 0.4) is 0 Å². The van der Waals surface area contributed by atoms with Crippen molar-refractivity contribution in [1.29, 1.82) is 5.26 Å². The van der Waals surface area contributed by atoms with Gasteiger partial charge in [-0.2, -0.15) is 5.26 Å². The fraction of sp³-hybridized carbons (Fsp3) is 0.0952. The van der Waals surface area contributed by atoms with E-state index >= 15 is 0 Å². The van der Waals surface area contributed by atoms with Crippen molar-refractivity contribution >= 4 is 51.5 Å². The SMILES string of the molecule is N#CCOc1ccccc1NC(=O)COc1cc(C(=O)O)cc2cc(Cl)cc(Cl)c12. The van der Waals surface area contributed by atoms with Gasteiger partial charge >= 0.3 is 5.97 Å². The van der Waals surface area contributed by atoms with E-state index in [0.29, 0.717) is 27.2 Å². The summed E-state index contributed by atoms with van der Waals surface area (Å²) in [6.45, 7) is -0.581. The first-order chi connectivity index (χ1) is 14.4. The number of nitrogens with one attached hydrogen (secondary N) is 1. The molecule has 30 heavy (non-hydrogen) atoms. The first kappa shape index (κ1) is 21.2. The first-order valence-electron chi connectivity index (χ1n) is 8.56.